The van der Waals surface area contributed by atoms with E-state index in [1.54, 1.807) is 29.5 Å². The summed E-state index contributed by atoms with van der Waals surface area (Å²) in [7, 11) is 4.02. The highest BCUT2D eigenvalue weighted by Gasteiger charge is 2.17. The molecule has 3 rings (SSSR count). The number of carbonyl (C=O) groups excluding carboxylic acids is 1. The maximum Gasteiger partial charge on any atom is 0.251 e. The second kappa shape index (κ2) is 6.25. The van der Waals surface area contributed by atoms with Crippen LogP contribution in [0.4, 0.5) is 0 Å². The van der Waals surface area contributed by atoms with Crippen LogP contribution in [0.2, 0.25) is 0 Å². The van der Waals surface area contributed by atoms with E-state index in [1.807, 2.05) is 25.5 Å². The molecule has 2 aromatic heterocycles. The van der Waals surface area contributed by atoms with Gasteiger partial charge in [0.15, 0.2) is 0 Å². The molecule has 6 nitrogen and oxygen atoms in total. The summed E-state index contributed by atoms with van der Waals surface area (Å²) in [5, 5.41) is 15.6. The van der Waals surface area contributed by atoms with Crippen LogP contribution in [0.5, 0.6) is 0 Å². The van der Waals surface area contributed by atoms with Gasteiger partial charge in [-0.2, -0.15) is 15.4 Å². The molecule has 1 atom stereocenters. The molecule has 114 valence electrons. The number of rotatable bonds is 5. The highest BCUT2D eigenvalue weighted by atomic mass is 32.1. The number of thiophene rings is 1. The maximum absolute atomic E-state index is 12.3. The summed E-state index contributed by atoms with van der Waals surface area (Å²) in [4.78, 5) is 15.7. The number of hydrogen-bond acceptors (Lipinski definition) is 5. The molecular weight excluding hydrogens is 298 g/mol. The molecule has 0 fully saturated rings. The third-order valence-electron chi connectivity index (χ3n) is 3.53. The zero-order chi connectivity index (χ0) is 15.5. The molecule has 2 heterocycles. The zero-order valence-electron chi connectivity index (χ0n) is 12.4. The predicted molar refractivity (Wildman–Crippen MR) is 87.0 cm³/mol. The van der Waals surface area contributed by atoms with E-state index in [-0.39, 0.29) is 11.9 Å². The van der Waals surface area contributed by atoms with Crippen molar-refractivity contribution in [1.82, 2.24) is 25.6 Å². The van der Waals surface area contributed by atoms with Crippen molar-refractivity contribution in [3.05, 3.63) is 46.2 Å². The Morgan fingerprint density at radius 1 is 1.32 bits per heavy atom. The molecule has 7 heteroatoms. The number of nitrogens with zero attached hydrogens (tertiary/aromatic N) is 3. The Bertz CT molecular complexity index is 765. The van der Waals surface area contributed by atoms with Gasteiger partial charge in [0.1, 0.15) is 11.0 Å². The van der Waals surface area contributed by atoms with Gasteiger partial charge in [-0.3, -0.25) is 4.79 Å². The molecule has 1 amide bonds. The smallest absolute Gasteiger partial charge is 0.251 e. The number of carbonyl (C=O) groups is 1. The lowest BCUT2D eigenvalue weighted by molar-refractivity contribution is 0.0942. The van der Waals surface area contributed by atoms with Crippen LogP contribution in [-0.4, -0.2) is 46.9 Å². The number of benzene rings is 1. The number of nitrogens with one attached hydrogen (secondary N) is 2. The minimum Gasteiger partial charge on any atom is -0.350 e. The van der Waals surface area contributed by atoms with Crippen LogP contribution in [0.15, 0.2) is 35.7 Å². The normalized spacial score (nSPS) is 12.7. The zero-order valence-corrected chi connectivity index (χ0v) is 13.2. The van der Waals surface area contributed by atoms with E-state index < -0.39 is 0 Å². The minimum absolute atomic E-state index is 0.103. The number of likely N-dealkylation sites (N-methyl/N-ethyl adjacent to an activating group) is 1. The molecule has 0 aliphatic rings. The summed E-state index contributed by atoms with van der Waals surface area (Å²) in [6, 6.07) is 9.57. The van der Waals surface area contributed by atoms with Crippen molar-refractivity contribution in [2.24, 2.45) is 0 Å². The third-order valence-corrected chi connectivity index (χ3v) is 4.50. The molecule has 0 aliphatic carbocycles. The Hall–Kier alpha value is -2.25. The molecule has 2 N–H and O–H groups in total. The van der Waals surface area contributed by atoms with Gasteiger partial charge < -0.3 is 10.2 Å². The van der Waals surface area contributed by atoms with Gasteiger partial charge in [0.25, 0.3) is 5.91 Å². The van der Waals surface area contributed by atoms with Gasteiger partial charge in [-0.05, 0) is 43.7 Å². The quantitative estimate of drug-likeness (QED) is 0.756. The fraction of sp³-hybridized carbons (Fsp3) is 0.267. The Labute approximate surface area is 132 Å². The molecule has 22 heavy (non-hydrogen) atoms. The van der Waals surface area contributed by atoms with Crippen LogP contribution >= 0.6 is 11.3 Å². The van der Waals surface area contributed by atoms with Crippen LogP contribution < -0.4 is 5.32 Å². The lowest BCUT2D eigenvalue weighted by Gasteiger charge is -2.23. The minimum atomic E-state index is -0.103. The van der Waals surface area contributed by atoms with E-state index in [9.17, 15) is 4.79 Å². The van der Waals surface area contributed by atoms with E-state index in [2.05, 4.69) is 31.7 Å². The summed E-state index contributed by atoms with van der Waals surface area (Å²) in [5.74, 6) is -0.103. The number of amides is 1. The first-order valence-electron chi connectivity index (χ1n) is 6.93. The topological polar surface area (TPSA) is 73.9 Å². The summed E-state index contributed by atoms with van der Waals surface area (Å²) < 4.78 is 0. The van der Waals surface area contributed by atoms with Crippen molar-refractivity contribution in [3.8, 4) is 0 Å². The van der Waals surface area contributed by atoms with Gasteiger partial charge in [-0.1, -0.05) is 6.07 Å². The van der Waals surface area contributed by atoms with E-state index in [4.69, 9.17) is 0 Å². The SMILES string of the molecule is CN(C)[C@@H](CNC(=O)c1ccc2n[nH]nc2c1)c1cccs1. The predicted octanol–water partition coefficient (Wildman–Crippen LogP) is 2.05. The Morgan fingerprint density at radius 3 is 2.86 bits per heavy atom. The Kier molecular flexibility index (Phi) is 4.17. The number of hydrogen-bond donors (Lipinski definition) is 2. The van der Waals surface area contributed by atoms with Gasteiger partial charge in [0, 0.05) is 17.0 Å². The second-order valence-corrected chi connectivity index (χ2v) is 6.21. The van der Waals surface area contributed by atoms with Crippen LogP contribution in [0.1, 0.15) is 21.3 Å². The average Bonchev–Trinajstić information content (AvgIpc) is 3.17. The van der Waals surface area contributed by atoms with Crippen molar-refractivity contribution in [2.75, 3.05) is 20.6 Å². The number of fused-ring (bicyclic) bond motifs is 1. The maximum atomic E-state index is 12.3. The van der Waals surface area contributed by atoms with Gasteiger partial charge in [-0.15, -0.1) is 11.3 Å². The van der Waals surface area contributed by atoms with Crippen molar-refractivity contribution in [1.29, 1.82) is 0 Å². The highest BCUT2D eigenvalue weighted by Crippen LogP contribution is 2.22. The average molecular weight is 315 g/mol. The Balaban J connectivity index is 1.70. The lowest BCUT2D eigenvalue weighted by atomic mass is 10.1. The monoisotopic (exact) mass is 315 g/mol. The highest BCUT2D eigenvalue weighted by molar-refractivity contribution is 7.10. The van der Waals surface area contributed by atoms with Crippen LogP contribution in [0.25, 0.3) is 11.0 Å². The summed E-state index contributed by atoms with van der Waals surface area (Å²) in [6.45, 7) is 0.559. The van der Waals surface area contributed by atoms with E-state index in [0.717, 1.165) is 5.52 Å². The Morgan fingerprint density at radius 2 is 2.14 bits per heavy atom. The molecule has 3 aromatic rings. The van der Waals surface area contributed by atoms with Crippen molar-refractivity contribution in [2.45, 2.75) is 6.04 Å². The molecule has 0 bridgehead atoms. The fourth-order valence-corrected chi connectivity index (χ4v) is 3.21. The van der Waals surface area contributed by atoms with E-state index in [0.29, 0.717) is 17.6 Å². The van der Waals surface area contributed by atoms with Gasteiger partial charge >= 0.3 is 0 Å². The van der Waals surface area contributed by atoms with Crippen LogP contribution in [0, 0.1) is 0 Å². The van der Waals surface area contributed by atoms with Crippen LogP contribution in [0.3, 0.4) is 0 Å². The molecular formula is C15H17N5OS. The summed E-state index contributed by atoms with van der Waals surface area (Å²) in [6.07, 6.45) is 0. The van der Waals surface area contributed by atoms with Crippen molar-refractivity contribution >= 4 is 28.3 Å². The summed E-state index contributed by atoms with van der Waals surface area (Å²) >= 11 is 1.69. The van der Waals surface area contributed by atoms with Crippen LogP contribution in [-0.2, 0) is 0 Å². The van der Waals surface area contributed by atoms with E-state index in [1.165, 1.54) is 4.88 Å². The first kappa shape index (κ1) is 14.7. The molecule has 0 unspecified atom stereocenters. The standard InChI is InChI=1S/C15H17N5OS/c1-20(2)13(14-4-3-7-22-14)9-16-15(21)10-5-6-11-12(8-10)18-19-17-11/h3-8,13H,9H2,1-2H3,(H,16,21)(H,17,18,19)/t13-/m0/s1. The molecule has 0 saturated carbocycles. The van der Waals surface area contributed by atoms with Gasteiger partial charge in [0.2, 0.25) is 0 Å². The molecule has 0 spiro atoms. The van der Waals surface area contributed by atoms with Gasteiger partial charge in [0.05, 0.1) is 6.04 Å². The lowest BCUT2D eigenvalue weighted by Crippen LogP contribution is -2.34. The first-order chi connectivity index (χ1) is 10.6. The molecule has 0 aliphatic heterocycles. The second-order valence-electron chi connectivity index (χ2n) is 5.23. The third kappa shape index (κ3) is 3.00. The van der Waals surface area contributed by atoms with Gasteiger partial charge in [-0.25, -0.2) is 0 Å². The number of H-pyrrole nitrogens is 1. The molecule has 0 radical (unpaired) electrons. The first-order valence-corrected chi connectivity index (χ1v) is 7.81. The fourth-order valence-electron chi connectivity index (χ4n) is 2.29. The number of aromatic nitrogens is 3. The summed E-state index contributed by atoms with van der Waals surface area (Å²) in [5.41, 5.74) is 2.03. The van der Waals surface area contributed by atoms with Crippen molar-refractivity contribution in [3.63, 3.8) is 0 Å². The molecule has 1 aromatic carbocycles. The molecule has 0 saturated heterocycles. The van der Waals surface area contributed by atoms with Crippen molar-refractivity contribution < 1.29 is 4.79 Å². The largest absolute Gasteiger partial charge is 0.350 e. The number of aromatic amines is 1. The van der Waals surface area contributed by atoms with E-state index >= 15 is 0 Å².